The van der Waals surface area contributed by atoms with Crippen molar-refractivity contribution < 1.29 is 13.2 Å². The van der Waals surface area contributed by atoms with Crippen molar-refractivity contribution in [2.45, 2.75) is 83.1 Å². The van der Waals surface area contributed by atoms with Crippen LogP contribution in [0.3, 0.4) is 0 Å². The van der Waals surface area contributed by atoms with Gasteiger partial charge in [-0.2, -0.15) is 0 Å². The Kier molecular flexibility index (Phi) is 7.00. The molecule has 1 heterocycles. The highest BCUT2D eigenvalue weighted by Gasteiger charge is 2.35. The van der Waals surface area contributed by atoms with Gasteiger partial charge in [0.15, 0.2) is 0 Å². The first-order valence-electron chi connectivity index (χ1n) is 10.7. The van der Waals surface area contributed by atoms with E-state index in [0.29, 0.717) is 37.9 Å². The molecule has 2 atom stereocenters. The Labute approximate surface area is 159 Å². The molecule has 1 saturated heterocycles. The molecule has 1 aliphatic heterocycles. The zero-order valence-electron chi connectivity index (χ0n) is 16.4. The summed E-state index contributed by atoms with van der Waals surface area (Å²) >= 11 is 0. The summed E-state index contributed by atoms with van der Waals surface area (Å²) in [7, 11) is -1.33. The molecule has 2 saturated carbocycles. The number of piperidine rings is 1. The van der Waals surface area contributed by atoms with Crippen LogP contribution < -0.4 is 0 Å². The van der Waals surface area contributed by atoms with Gasteiger partial charge in [-0.05, 0) is 43.9 Å². The van der Waals surface area contributed by atoms with Crippen molar-refractivity contribution in [2.24, 2.45) is 11.8 Å². The van der Waals surface area contributed by atoms with Gasteiger partial charge in [0.1, 0.15) is 0 Å². The van der Waals surface area contributed by atoms with E-state index < -0.39 is 10.0 Å². The van der Waals surface area contributed by atoms with E-state index in [1.165, 1.54) is 44.9 Å². The number of hydrogen-bond acceptors (Lipinski definition) is 3. The molecule has 0 N–H and O–H groups in total. The van der Waals surface area contributed by atoms with Crippen molar-refractivity contribution >= 4 is 15.9 Å². The minimum atomic E-state index is -3.22. The number of carbonyl (C=O) groups excluding carboxylic acids is 1. The second kappa shape index (κ2) is 9.05. The lowest BCUT2D eigenvalue weighted by Crippen LogP contribution is -2.45. The van der Waals surface area contributed by atoms with Crippen molar-refractivity contribution in [3.05, 3.63) is 0 Å². The van der Waals surface area contributed by atoms with Gasteiger partial charge in [-0.25, -0.2) is 12.7 Å². The van der Waals surface area contributed by atoms with Crippen LogP contribution in [0.15, 0.2) is 0 Å². The van der Waals surface area contributed by atoms with Crippen molar-refractivity contribution in [3.8, 4) is 0 Å². The highest BCUT2D eigenvalue weighted by atomic mass is 32.2. The van der Waals surface area contributed by atoms with Gasteiger partial charge < -0.3 is 4.90 Å². The first kappa shape index (κ1) is 20.1. The monoisotopic (exact) mass is 384 g/mol. The molecule has 0 aromatic heterocycles. The Balaban J connectivity index is 1.43. The average molecular weight is 385 g/mol. The first-order chi connectivity index (χ1) is 12.5. The lowest BCUT2D eigenvalue weighted by atomic mass is 9.76. The fourth-order valence-corrected chi connectivity index (χ4v) is 6.77. The number of sulfonamides is 1. The SMILES string of the molecule is CN(C(=O)CCCS(=O)(=O)N1CCC2CCCCC2C1)C1CCCCC1. The van der Waals surface area contributed by atoms with Crippen LogP contribution in [0.5, 0.6) is 0 Å². The molecule has 2 aliphatic carbocycles. The van der Waals surface area contributed by atoms with Gasteiger partial charge in [-0.3, -0.25) is 4.79 Å². The summed E-state index contributed by atoms with van der Waals surface area (Å²) in [4.78, 5) is 14.3. The fourth-order valence-electron chi connectivity index (χ4n) is 5.20. The number of fused-ring (bicyclic) bond motifs is 1. The topological polar surface area (TPSA) is 57.7 Å². The quantitative estimate of drug-likeness (QED) is 0.705. The number of carbonyl (C=O) groups is 1. The second-order valence-corrected chi connectivity index (χ2v) is 10.8. The maximum atomic E-state index is 12.7. The van der Waals surface area contributed by atoms with E-state index in [-0.39, 0.29) is 11.7 Å². The van der Waals surface area contributed by atoms with Crippen LogP contribution in [0.2, 0.25) is 0 Å². The maximum absolute atomic E-state index is 12.7. The molecule has 0 aromatic rings. The molecule has 2 unspecified atom stereocenters. The average Bonchev–Trinajstić information content (AvgIpc) is 2.67. The van der Waals surface area contributed by atoms with E-state index in [4.69, 9.17) is 0 Å². The number of amides is 1. The Morgan fingerprint density at radius 2 is 1.62 bits per heavy atom. The molecule has 0 radical (unpaired) electrons. The summed E-state index contributed by atoms with van der Waals surface area (Å²) in [6.45, 7) is 1.39. The van der Waals surface area contributed by atoms with E-state index in [2.05, 4.69) is 0 Å². The van der Waals surface area contributed by atoms with Crippen LogP contribution >= 0.6 is 0 Å². The van der Waals surface area contributed by atoms with Crippen LogP contribution in [0.25, 0.3) is 0 Å². The minimum absolute atomic E-state index is 0.109. The Hall–Kier alpha value is -0.620. The molecule has 26 heavy (non-hydrogen) atoms. The van der Waals surface area contributed by atoms with Gasteiger partial charge in [0, 0.05) is 32.6 Å². The lowest BCUT2D eigenvalue weighted by molar-refractivity contribution is -0.132. The van der Waals surface area contributed by atoms with Crippen LogP contribution in [-0.2, 0) is 14.8 Å². The molecule has 0 bridgehead atoms. The molecule has 3 fully saturated rings. The summed E-state index contributed by atoms with van der Waals surface area (Å²) in [5, 5.41) is 0. The lowest BCUT2D eigenvalue weighted by Gasteiger charge is -2.40. The molecule has 0 aromatic carbocycles. The summed E-state index contributed by atoms with van der Waals surface area (Å²) in [6.07, 6.45) is 12.7. The predicted octanol–water partition coefficient (Wildman–Crippen LogP) is 3.40. The zero-order chi connectivity index (χ0) is 18.6. The van der Waals surface area contributed by atoms with E-state index >= 15 is 0 Å². The number of rotatable bonds is 6. The third kappa shape index (κ3) is 5.00. The summed E-state index contributed by atoms with van der Waals surface area (Å²) < 4.78 is 27.1. The third-order valence-electron chi connectivity index (χ3n) is 6.96. The molecule has 150 valence electrons. The maximum Gasteiger partial charge on any atom is 0.222 e. The van der Waals surface area contributed by atoms with Crippen LogP contribution in [0.1, 0.15) is 77.0 Å². The van der Waals surface area contributed by atoms with Gasteiger partial charge in [-0.15, -0.1) is 0 Å². The van der Waals surface area contributed by atoms with Gasteiger partial charge in [0.05, 0.1) is 5.75 Å². The largest absolute Gasteiger partial charge is 0.343 e. The van der Waals surface area contributed by atoms with Crippen molar-refractivity contribution in [1.29, 1.82) is 0 Å². The van der Waals surface area contributed by atoms with Crippen molar-refractivity contribution in [3.63, 3.8) is 0 Å². The Morgan fingerprint density at radius 3 is 2.35 bits per heavy atom. The molecule has 5 nitrogen and oxygen atoms in total. The van der Waals surface area contributed by atoms with Crippen LogP contribution in [0.4, 0.5) is 0 Å². The molecule has 1 amide bonds. The standard InChI is InChI=1S/C20H36N2O3S/c1-21(19-10-3-2-4-11-19)20(23)12-7-15-26(24,25)22-14-13-17-8-5-6-9-18(17)16-22/h17-19H,2-16H2,1H3. The number of nitrogens with zero attached hydrogens (tertiary/aromatic N) is 2. The Morgan fingerprint density at radius 1 is 0.962 bits per heavy atom. The normalized spacial score (nSPS) is 28.5. The van der Waals surface area contributed by atoms with Gasteiger partial charge in [0.2, 0.25) is 15.9 Å². The van der Waals surface area contributed by atoms with Gasteiger partial charge >= 0.3 is 0 Å². The molecule has 0 spiro atoms. The highest BCUT2D eigenvalue weighted by molar-refractivity contribution is 7.89. The first-order valence-corrected chi connectivity index (χ1v) is 12.3. The van der Waals surface area contributed by atoms with E-state index in [1.807, 2.05) is 11.9 Å². The molecular formula is C20H36N2O3S. The van der Waals surface area contributed by atoms with Crippen LogP contribution in [-0.4, -0.2) is 55.5 Å². The van der Waals surface area contributed by atoms with Crippen LogP contribution in [0, 0.1) is 11.8 Å². The van der Waals surface area contributed by atoms with Crippen molar-refractivity contribution in [2.75, 3.05) is 25.9 Å². The second-order valence-electron chi connectivity index (χ2n) is 8.67. The third-order valence-corrected chi connectivity index (χ3v) is 8.88. The Bertz CT molecular complexity index is 572. The summed E-state index contributed by atoms with van der Waals surface area (Å²) in [5.41, 5.74) is 0. The van der Waals surface area contributed by atoms with Gasteiger partial charge in [-0.1, -0.05) is 38.5 Å². The molecule has 6 heteroatoms. The predicted molar refractivity (Wildman–Crippen MR) is 104 cm³/mol. The fraction of sp³-hybridized carbons (Fsp3) is 0.950. The minimum Gasteiger partial charge on any atom is -0.343 e. The van der Waals surface area contributed by atoms with E-state index in [9.17, 15) is 13.2 Å². The van der Waals surface area contributed by atoms with Crippen molar-refractivity contribution in [1.82, 2.24) is 9.21 Å². The zero-order valence-corrected chi connectivity index (χ0v) is 17.2. The smallest absolute Gasteiger partial charge is 0.222 e. The summed E-state index contributed by atoms with van der Waals surface area (Å²) in [6, 6.07) is 0.359. The number of hydrogen-bond donors (Lipinski definition) is 0. The molecule has 3 rings (SSSR count). The molecular weight excluding hydrogens is 348 g/mol. The van der Waals surface area contributed by atoms with E-state index in [0.717, 1.165) is 25.2 Å². The highest BCUT2D eigenvalue weighted by Crippen LogP contribution is 2.36. The van der Waals surface area contributed by atoms with Gasteiger partial charge in [0.25, 0.3) is 0 Å². The summed E-state index contributed by atoms with van der Waals surface area (Å²) in [5.74, 6) is 1.53. The van der Waals surface area contributed by atoms with E-state index in [1.54, 1.807) is 4.31 Å². The molecule has 3 aliphatic rings.